The van der Waals surface area contributed by atoms with Gasteiger partial charge in [-0.1, -0.05) is 11.3 Å². The SMILES string of the molecule is COc1ccc(NC(=O)c2nnc(C(=O)N3CCC[C@H](C(=O)NCc4ccco4)C3)s2)cc1. The quantitative estimate of drug-likeness (QED) is 0.544. The van der Waals surface area contributed by atoms with Crippen molar-refractivity contribution in [1.29, 1.82) is 0 Å². The Kier molecular flexibility index (Phi) is 6.98. The number of rotatable bonds is 7. The number of piperidine rings is 1. The minimum absolute atomic E-state index is 0.0823. The van der Waals surface area contributed by atoms with Crippen LogP contribution in [0.1, 0.15) is 38.2 Å². The van der Waals surface area contributed by atoms with Gasteiger partial charge < -0.3 is 24.7 Å². The molecule has 1 fully saturated rings. The topological polar surface area (TPSA) is 127 Å². The monoisotopic (exact) mass is 469 g/mol. The minimum atomic E-state index is -0.453. The minimum Gasteiger partial charge on any atom is -0.497 e. The first-order chi connectivity index (χ1) is 16.0. The Morgan fingerprint density at radius 1 is 1.18 bits per heavy atom. The second-order valence-corrected chi connectivity index (χ2v) is 8.46. The van der Waals surface area contributed by atoms with Gasteiger partial charge in [0.25, 0.3) is 11.8 Å². The van der Waals surface area contributed by atoms with Gasteiger partial charge >= 0.3 is 0 Å². The number of carbonyl (C=O) groups excluding carboxylic acids is 3. The first-order valence-corrected chi connectivity index (χ1v) is 11.2. The standard InChI is InChI=1S/C22H23N5O5S/c1-31-16-8-6-15(7-9-16)24-19(29)20-25-26-21(33-20)22(30)27-10-2-4-14(13-27)18(28)23-12-17-5-3-11-32-17/h3,5-9,11,14H,2,4,10,12-13H2,1H3,(H,23,28)(H,24,29)/t14-/m0/s1. The number of carbonyl (C=O) groups is 3. The van der Waals surface area contributed by atoms with Gasteiger partial charge in [-0.3, -0.25) is 14.4 Å². The number of aromatic nitrogens is 2. The van der Waals surface area contributed by atoms with Crippen molar-refractivity contribution in [3.8, 4) is 5.75 Å². The van der Waals surface area contributed by atoms with Gasteiger partial charge in [0.2, 0.25) is 15.9 Å². The molecule has 1 aliphatic heterocycles. The average molecular weight is 470 g/mol. The number of ether oxygens (including phenoxy) is 1. The predicted molar refractivity (Wildman–Crippen MR) is 120 cm³/mol. The molecule has 0 unspecified atom stereocenters. The van der Waals surface area contributed by atoms with Crippen molar-refractivity contribution in [2.45, 2.75) is 19.4 Å². The summed E-state index contributed by atoms with van der Waals surface area (Å²) in [7, 11) is 1.56. The average Bonchev–Trinajstić information content (AvgIpc) is 3.55. The van der Waals surface area contributed by atoms with Crippen LogP contribution in [0.2, 0.25) is 0 Å². The van der Waals surface area contributed by atoms with E-state index in [4.69, 9.17) is 9.15 Å². The molecule has 1 aromatic carbocycles. The molecular weight excluding hydrogens is 446 g/mol. The van der Waals surface area contributed by atoms with Crippen molar-refractivity contribution < 1.29 is 23.5 Å². The highest BCUT2D eigenvalue weighted by atomic mass is 32.1. The fourth-order valence-electron chi connectivity index (χ4n) is 3.50. The molecule has 4 rings (SSSR count). The maximum absolute atomic E-state index is 12.9. The molecule has 3 aromatic rings. The number of hydrogen-bond acceptors (Lipinski definition) is 8. The summed E-state index contributed by atoms with van der Waals surface area (Å²) in [4.78, 5) is 39.5. The van der Waals surface area contributed by atoms with Gasteiger partial charge in [-0.25, -0.2) is 0 Å². The number of furan rings is 1. The number of likely N-dealkylation sites (tertiary alicyclic amines) is 1. The van der Waals surface area contributed by atoms with E-state index in [0.29, 0.717) is 43.1 Å². The fourth-order valence-corrected chi connectivity index (χ4v) is 4.21. The van der Waals surface area contributed by atoms with Crippen LogP contribution >= 0.6 is 11.3 Å². The Labute approximate surface area is 193 Å². The first-order valence-electron chi connectivity index (χ1n) is 10.4. The number of methoxy groups -OCH3 is 1. The largest absolute Gasteiger partial charge is 0.497 e. The van der Waals surface area contributed by atoms with E-state index < -0.39 is 5.91 Å². The first kappa shape index (κ1) is 22.5. The number of nitrogens with zero attached hydrogens (tertiary/aromatic N) is 3. The zero-order valence-electron chi connectivity index (χ0n) is 17.9. The van der Waals surface area contributed by atoms with Crippen LogP contribution in [0.4, 0.5) is 5.69 Å². The van der Waals surface area contributed by atoms with Crippen LogP contribution in [0.5, 0.6) is 5.75 Å². The van der Waals surface area contributed by atoms with Crippen LogP contribution in [0.25, 0.3) is 0 Å². The van der Waals surface area contributed by atoms with E-state index in [1.165, 1.54) is 0 Å². The molecule has 0 radical (unpaired) electrons. The summed E-state index contributed by atoms with van der Waals surface area (Å²) in [6.07, 6.45) is 2.95. The molecule has 11 heteroatoms. The van der Waals surface area contributed by atoms with E-state index in [1.54, 1.807) is 54.7 Å². The van der Waals surface area contributed by atoms with E-state index >= 15 is 0 Å². The van der Waals surface area contributed by atoms with Crippen molar-refractivity contribution in [3.05, 3.63) is 58.4 Å². The predicted octanol–water partition coefficient (Wildman–Crippen LogP) is 2.56. The number of amides is 3. The third kappa shape index (κ3) is 5.55. The third-order valence-electron chi connectivity index (χ3n) is 5.25. The molecule has 172 valence electrons. The van der Waals surface area contributed by atoms with Gasteiger partial charge in [0.15, 0.2) is 0 Å². The summed E-state index contributed by atoms with van der Waals surface area (Å²) in [5.74, 6) is 0.113. The molecule has 0 spiro atoms. The van der Waals surface area contributed by atoms with E-state index in [1.807, 2.05) is 0 Å². The summed E-state index contributed by atoms with van der Waals surface area (Å²) >= 11 is 0.925. The second kappa shape index (κ2) is 10.3. The lowest BCUT2D eigenvalue weighted by Gasteiger charge is -2.31. The van der Waals surface area contributed by atoms with Gasteiger partial charge in [-0.15, -0.1) is 10.2 Å². The molecule has 2 aromatic heterocycles. The number of benzene rings is 1. The summed E-state index contributed by atoms with van der Waals surface area (Å²) in [6.45, 7) is 1.11. The normalized spacial score (nSPS) is 15.7. The van der Waals surface area contributed by atoms with Gasteiger partial charge in [0.1, 0.15) is 11.5 Å². The molecule has 1 aliphatic rings. The molecule has 2 N–H and O–H groups in total. The number of anilines is 1. The highest BCUT2D eigenvalue weighted by Crippen LogP contribution is 2.22. The van der Waals surface area contributed by atoms with Crippen molar-refractivity contribution >= 4 is 34.7 Å². The Balaban J connectivity index is 1.33. The Hall–Kier alpha value is -3.73. The molecule has 10 nitrogen and oxygen atoms in total. The Morgan fingerprint density at radius 3 is 2.70 bits per heavy atom. The second-order valence-electron chi connectivity index (χ2n) is 7.48. The lowest BCUT2D eigenvalue weighted by atomic mass is 9.97. The van der Waals surface area contributed by atoms with Crippen molar-refractivity contribution in [1.82, 2.24) is 20.4 Å². The van der Waals surface area contributed by atoms with Gasteiger partial charge in [-0.05, 0) is 49.2 Å². The molecule has 3 amide bonds. The molecule has 0 bridgehead atoms. The van der Waals surface area contributed by atoms with Gasteiger partial charge in [0, 0.05) is 18.8 Å². The fraction of sp³-hybridized carbons (Fsp3) is 0.318. The van der Waals surface area contributed by atoms with Crippen LogP contribution in [0.15, 0.2) is 47.1 Å². The zero-order chi connectivity index (χ0) is 23.2. The summed E-state index contributed by atoms with van der Waals surface area (Å²) < 4.78 is 10.3. The highest BCUT2D eigenvalue weighted by Gasteiger charge is 2.31. The molecule has 0 saturated carbocycles. The molecule has 33 heavy (non-hydrogen) atoms. The van der Waals surface area contributed by atoms with Crippen molar-refractivity contribution in [2.75, 3.05) is 25.5 Å². The molecule has 1 atom stereocenters. The van der Waals surface area contributed by atoms with Crippen molar-refractivity contribution in [3.63, 3.8) is 0 Å². The van der Waals surface area contributed by atoms with E-state index in [9.17, 15) is 14.4 Å². The zero-order valence-corrected chi connectivity index (χ0v) is 18.8. The van der Waals surface area contributed by atoms with E-state index in [2.05, 4.69) is 20.8 Å². The smallest absolute Gasteiger partial charge is 0.286 e. The Morgan fingerprint density at radius 2 is 1.97 bits per heavy atom. The van der Waals surface area contributed by atoms with E-state index in [0.717, 1.165) is 11.3 Å². The van der Waals surface area contributed by atoms with Crippen LogP contribution < -0.4 is 15.4 Å². The number of nitrogens with one attached hydrogen (secondary N) is 2. The molecule has 3 heterocycles. The Bertz CT molecular complexity index is 1110. The number of hydrogen-bond donors (Lipinski definition) is 2. The molecule has 1 saturated heterocycles. The molecular formula is C22H23N5O5S. The lowest BCUT2D eigenvalue weighted by Crippen LogP contribution is -2.45. The van der Waals surface area contributed by atoms with Crippen LogP contribution in [-0.2, 0) is 11.3 Å². The third-order valence-corrected chi connectivity index (χ3v) is 6.16. The van der Waals surface area contributed by atoms with Gasteiger partial charge in [0.05, 0.1) is 25.8 Å². The van der Waals surface area contributed by atoms with E-state index in [-0.39, 0.29) is 34.3 Å². The van der Waals surface area contributed by atoms with Crippen LogP contribution in [0, 0.1) is 5.92 Å². The molecule has 0 aliphatic carbocycles. The summed E-state index contributed by atoms with van der Waals surface area (Å²) in [5, 5.41) is 13.5. The highest BCUT2D eigenvalue weighted by molar-refractivity contribution is 7.15. The van der Waals surface area contributed by atoms with Crippen molar-refractivity contribution in [2.24, 2.45) is 5.92 Å². The van der Waals surface area contributed by atoms with Crippen LogP contribution in [0.3, 0.4) is 0 Å². The maximum Gasteiger partial charge on any atom is 0.286 e. The van der Waals surface area contributed by atoms with Crippen LogP contribution in [-0.4, -0.2) is 53.0 Å². The summed E-state index contributed by atoms with van der Waals surface area (Å²) in [6, 6.07) is 10.4. The maximum atomic E-state index is 12.9. The lowest BCUT2D eigenvalue weighted by molar-refractivity contribution is -0.126. The summed E-state index contributed by atoms with van der Waals surface area (Å²) in [5.41, 5.74) is 0.573. The van der Waals surface area contributed by atoms with Gasteiger partial charge in [-0.2, -0.15) is 0 Å².